The van der Waals surface area contributed by atoms with Crippen molar-refractivity contribution in [2.24, 2.45) is 0 Å². The summed E-state index contributed by atoms with van der Waals surface area (Å²) in [6.07, 6.45) is 0. The average molecular weight is 396 g/mol. The van der Waals surface area contributed by atoms with Crippen LogP contribution in [0.2, 0.25) is 0 Å². The zero-order valence-corrected chi connectivity index (χ0v) is 16.4. The molecule has 0 spiro atoms. The summed E-state index contributed by atoms with van der Waals surface area (Å²) in [6, 6.07) is 17.9. The van der Waals surface area contributed by atoms with E-state index in [4.69, 9.17) is 4.74 Å². The molecule has 6 nitrogen and oxygen atoms in total. The minimum Gasteiger partial charge on any atom is -0.492 e. The Labute approximate surface area is 164 Å². The van der Waals surface area contributed by atoms with Gasteiger partial charge < -0.3 is 9.64 Å². The van der Waals surface area contributed by atoms with Gasteiger partial charge in [0.2, 0.25) is 10.0 Å². The monoisotopic (exact) mass is 396 g/mol. The van der Waals surface area contributed by atoms with Gasteiger partial charge in [-0.25, -0.2) is 12.7 Å². The van der Waals surface area contributed by atoms with Crippen molar-refractivity contribution in [2.45, 2.75) is 4.90 Å². The molecule has 0 aliphatic carbocycles. The molecule has 0 saturated heterocycles. The third-order valence-electron chi connectivity index (χ3n) is 4.83. The summed E-state index contributed by atoms with van der Waals surface area (Å²) < 4.78 is 31.1. The molecule has 4 rings (SSSR count). The van der Waals surface area contributed by atoms with E-state index in [2.05, 4.69) is 0 Å². The number of rotatable bonds is 6. The van der Waals surface area contributed by atoms with Crippen LogP contribution in [0.3, 0.4) is 0 Å². The van der Waals surface area contributed by atoms with E-state index in [-0.39, 0.29) is 10.8 Å². The molecular weight excluding hydrogens is 376 g/mol. The van der Waals surface area contributed by atoms with Crippen molar-refractivity contribution in [2.75, 3.05) is 32.1 Å². The number of nitrogens with zero attached hydrogens (tertiary/aromatic N) is 2. The van der Waals surface area contributed by atoms with Gasteiger partial charge in [-0.2, -0.15) is 0 Å². The minimum atomic E-state index is -3.46. The van der Waals surface area contributed by atoms with Gasteiger partial charge in [-0.3, -0.25) is 4.79 Å². The van der Waals surface area contributed by atoms with Gasteiger partial charge in [0.1, 0.15) is 12.4 Å². The Bertz CT molecular complexity index is 1150. The first-order valence-electron chi connectivity index (χ1n) is 8.88. The molecule has 28 heavy (non-hydrogen) atoms. The summed E-state index contributed by atoms with van der Waals surface area (Å²) in [5.74, 6) is 0.530. The Kier molecular flexibility index (Phi) is 4.56. The minimum absolute atomic E-state index is 0.0252. The first-order valence-corrected chi connectivity index (χ1v) is 10.3. The van der Waals surface area contributed by atoms with Crippen LogP contribution in [0.1, 0.15) is 10.4 Å². The van der Waals surface area contributed by atoms with E-state index in [1.165, 1.54) is 30.5 Å². The van der Waals surface area contributed by atoms with E-state index in [0.29, 0.717) is 24.5 Å². The molecular formula is C21H20N2O4S. The number of hydrogen-bond donors (Lipinski definition) is 0. The molecule has 3 aromatic carbocycles. The third kappa shape index (κ3) is 3.02. The molecule has 0 radical (unpaired) electrons. The lowest BCUT2D eigenvalue weighted by molar-refractivity contribution is 0.0989. The molecule has 3 aromatic rings. The third-order valence-corrected chi connectivity index (χ3v) is 6.66. The number of carbonyl (C=O) groups is 1. The second kappa shape index (κ2) is 6.92. The Balaban J connectivity index is 1.45. The van der Waals surface area contributed by atoms with E-state index in [1.54, 1.807) is 17.0 Å². The topological polar surface area (TPSA) is 66.9 Å². The lowest BCUT2D eigenvalue weighted by Gasteiger charge is -2.18. The van der Waals surface area contributed by atoms with E-state index in [1.807, 2.05) is 36.4 Å². The van der Waals surface area contributed by atoms with Crippen LogP contribution in [0.4, 0.5) is 5.69 Å². The molecule has 1 amide bonds. The maximum Gasteiger partial charge on any atom is 0.259 e. The van der Waals surface area contributed by atoms with Crippen molar-refractivity contribution < 1.29 is 17.9 Å². The van der Waals surface area contributed by atoms with E-state index in [0.717, 1.165) is 16.5 Å². The van der Waals surface area contributed by atoms with Crippen molar-refractivity contribution in [3.05, 3.63) is 66.2 Å². The summed E-state index contributed by atoms with van der Waals surface area (Å²) in [5, 5.41) is 2.03. The molecule has 7 heteroatoms. The molecule has 0 saturated carbocycles. The molecule has 0 fully saturated rings. The Hall–Kier alpha value is -2.90. The highest BCUT2D eigenvalue weighted by Crippen LogP contribution is 2.36. The van der Waals surface area contributed by atoms with Crippen LogP contribution < -0.4 is 9.64 Å². The fourth-order valence-corrected chi connectivity index (χ4v) is 4.28. The van der Waals surface area contributed by atoms with Crippen molar-refractivity contribution in [3.8, 4) is 5.75 Å². The summed E-state index contributed by atoms with van der Waals surface area (Å²) in [5.41, 5.74) is 1.61. The van der Waals surface area contributed by atoms with Crippen molar-refractivity contribution in [1.82, 2.24) is 4.31 Å². The molecule has 0 atom stereocenters. The number of anilines is 1. The first kappa shape index (κ1) is 18.5. The maximum atomic E-state index is 12.7. The van der Waals surface area contributed by atoms with Crippen LogP contribution in [-0.2, 0) is 10.0 Å². The number of hydrogen-bond acceptors (Lipinski definition) is 4. The summed E-state index contributed by atoms with van der Waals surface area (Å²) in [7, 11) is -0.480. The largest absolute Gasteiger partial charge is 0.492 e. The number of sulfonamides is 1. The second-order valence-electron chi connectivity index (χ2n) is 6.74. The molecule has 1 aliphatic rings. The zero-order valence-electron chi connectivity index (χ0n) is 15.6. The lowest BCUT2D eigenvalue weighted by Crippen LogP contribution is -2.31. The number of carbonyl (C=O) groups excluding carboxylic acids is 1. The van der Waals surface area contributed by atoms with Crippen LogP contribution in [-0.4, -0.2) is 45.9 Å². The number of amides is 1. The van der Waals surface area contributed by atoms with Gasteiger partial charge in [-0.1, -0.05) is 24.3 Å². The van der Waals surface area contributed by atoms with E-state index in [9.17, 15) is 13.2 Å². The van der Waals surface area contributed by atoms with Gasteiger partial charge in [0.15, 0.2) is 0 Å². The van der Waals surface area contributed by atoms with Gasteiger partial charge in [0, 0.05) is 25.0 Å². The molecule has 1 heterocycles. The number of ether oxygens (including phenoxy) is 1. The van der Waals surface area contributed by atoms with Crippen molar-refractivity contribution >= 4 is 32.4 Å². The van der Waals surface area contributed by atoms with Crippen molar-refractivity contribution in [3.63, 3.8) is 0 Å². The highest BCUT2D eigenvalue weighted by Gasteiger charge is 2.29. The second-order valence-corrected chi connectivity index (χ2v) is 8.90. The summed E-state index contributed by atoms with van der Waals surface area (Å²) in [4.78, 5) is 14.7. The average Bonchev–Trinajstić information content (AvgIpc) is 2.96. The predicted molar refractivity (Wildman–Crippen MR) is 108 cm³/mol. The standard InChI is InChI=1S/C21H20N2O4S/c1-22(2)28(25,26)17-11-9-16(10-12-17)27-14-13-23-19-8-4-6-15-5-3-7-18(20(15)19)21(23)24/h3-12H,13-14H2,1-2H3. The Morgan fingerprint density at radius 2 is 1.64 bits per heavy atom. The van der Waals surface area contributed by atoms with Gasteiger partial charge >= 0.3 is 0 Å². The van der Waals surface area contributed by atoms with E-state index >= 15 is 0 Å². The Morgan fingerprint density at radius 3 is 2.32 bits per heavy atom. The summed E-state index contributed by atoms with van der Waals surface area (Å²) in [6.45, 7) is 0.709. The van der Waals surface area contributed by atoms with Gasteiger partial charge in [-0.15, -0.1) is 0 Å². The van der Waals surface area contributed by atoms with Gasteiger partial charge in [-0.05, 0) is 41.8 Å². The van der Waals surface area contributed by atoms with Crippen molar-refractivity contribution in [1.29, 1.82) is 0 Å². The summed E-state index contributed by atoms with van der Waals surface area (Å²) >= 11 is 0. The SMILES string of the molecule is CN(C)S(=O)(=O)c1ccc(OCCN2C(=O)c3cccc4cccc2c34)cc1. The predicted octanol–water partition coefficient (Wildman–Crippen LogP) is 3.13. The van der Waals surface area contributed by atoms with Crippen LogP contribution in [0.25, 0.3) is 10.8 Å². The lowest BCUT2D eigenvalue weighted by atomic mass is 10.1. The van der Waals surface area contributed by atoms with E-state index < -0.39 is 10.0 Å². The normalized spacial score (nSPS) is 13.5. The molecule has 0 bridgehead atoms. The quantitative estimate of drug-likeness (QED) is 0.642. The smallest absolute Gasteiger partial charge is 0.259 e. The molecule has 0 aromatic heterocycles. The highest BCUT2D eigenvalue weighted by molar-refractivity contribution is 7.89. The van der Waals surface area contributed by atoms with Gasteiger partial charge in [0.05, 0.1) is 17.1 Å². The number of benzene rings is 3. The first-order chi connectivity index (χ1) is 13.4. The zero-order chi connectivity index (χ0) is 19.9. The molecule has 0 N–H and O–H groups in total. The molecule has 0 unspecified atom stereocenters. The fourth-order valence-electron chi connectivity index (χ4n) is 3.37. The Morgan fingerprint density at radius 1 is 0.964 bits per heavy atom. The van der Waals surface area contributed by atoms with Crippen LogP contribution in [0.15, 0.2) is 65.6 Å². The molecule has 144 valence electrons. The van der Waals surface area contributed by atoms with Crippen LogP contribution in [0.5, 0.6) is 5.75 Å². The fraction of sp³-hybridized carbons (Fsp3) is 0.190. The highest BCUT2D eigenvalue weighted by atomic mass is 32.2. The van der Waals surface area contributed by atoms with Gasteiger partial charge in [0.25, 0.3) is 5.91 Å². The maximum absolute atomic E-state index is 12.7. The molecule has 1 aliphatic heterocycles. The van der Waals surface area contributed by atoms with Crippen LogP contribution in [0, 0.1) is 0 Å². The van der Waals surface area contributed by atoms with Crippen LogP contribution >= 0.6 is 0 Å².